The minimum Gasteiger partial charge on any atom is -0.491 e. The Morgan fingerprint density at radius 1 is 1.47 bits per heavy atom. The summed E-state index contributed by atoms with van der Waals surface area (Å²) in [6.45, 7) is 2.33. The Kier molecular flexibility index (Phi) is 4.39. The van der Waals surface area contributed by atoms with E-state index in [9.17, 15) is 9.65 Å². The summed E-state index contributed by atoms with van der Waals surface area (Å²) in [5.74, 6) is -0.0713. The molecule has 0 aromatic heterocycles. The monoisotopic (exact) mass is 262 g/mol. The highest BCUT2D eigenvalue weighted by Crippen LogP contribution is 2.24. The number of para-hydroxylation sites is 1. The lowest BCUT2D eigenvalue weighted by Crippen LogP contribution is -2.42. The highest BCUT2D eigenvalue weighted by Gasteiger charge is 2.31. The molecule has 1 atom stereocenters. The molecule has 2 rings (SSSR count). The van der Waals surface area contributed by atoms with Gasteiger partial charge < -0.3 is 4.74 Å². The molecule has 0 aliphatic heterocycles. The molecule has 0 saturated heterocycles. The van der Waals surface area contributed by atoms with Gasteiger partial charge in [-0.15, -0.1) is 0 Å². The van der Waals surface area contributed by atoms with Crippen molar-refractivity contribution in [3.63, 3.8) is 0 Å². The molecule has 1 fully saturated rings. The van der Waals surface area contributed by atoms with Gasteiger partial charge in [-0.25, -0.2) is 4.39 Å². The van der Waals surface area contributed by atoms with Crippen LogP contribution in [0.15, 0.2) is 24.3 Å². The van der Waals surface area contributed by atoms with Crippen LogP contribution in [-0.2, 0) is 0 Å². The Morgan fingerprint density at radius 3 is 2.84 bits per heavy atom. The summed E-state index contributed by atoms with van der Waals surface area (Å²) in [5, 5.41) is 12.5. The van der Waals surface area contributed by atoms with E-state index in [-0.39, 0.29) is 11.6 Å². The summed E-state index contributed by atoms with van der Waals surface area (Å²) < 4.78 is 18.7. The second kappa shape index (κ2) is 6.03. The largest absolute Gasteiger partial charge is 0.491 e. The first kappa shape index (κ1) is 13.8. The Bertz CT molecular complexity index is 467. The van der Waals surface area contributed by atoms with Crippen molar-refractivity contribution in [3.8, 4) is 11.8 Å². The highest BCUT2D eigenvalue weighted by molar-refractivity contribution is 5.23. The molecule has 1 aliphatic carbocycles. The summed E-state index contributed by atoms with van der Waals surface area (Å²) in [7, 11) is 0. The van der Waals surface area contributed by atoms with Gasteiger partial charge in [0.1, 0.15) is 5.54 Å². The first-order valence-corrected chi connectivity index (χ1v) is 6.69. The molecular formula is C15H19FN2O. The number of ether oxygens (including phenoxy) is 1. The Morgan fingerprint density at radius 2 is 2.21 bits per heavy atom. The lowest BCUT2D eigenvalue weighted by molar-refractivity contribution is 0.273. The molecule has 0 radical (unpaired) electrons. The first-order valence-electron chi connectivity index (χ1n) is 6.69. The van der Waals surface area contributed by atoms with Gasteiger partial charge in [-0.1, -0.05) is 12.1 Å². The summed E-state index contributed by atoms with van der Waals surface area (Å²) in [6, 6.07) is 9.18. The molecule has 1 aliphatic rings. The van der Waals surface area contributed by atoms with Crippen LogP contribution in [-0.4, -0.2) is 18.2 Å². The first-order chi connectivity index (χ1) is 9.13. The smallest absolute Gasteiger partial charge is 0.165 e. The Hall–Kier alpha value is -1.60. The van der Waals surface area contributed by atoms with E-state index in [1.807, 2.05) is 6.92 Å². The van der Waals surface area contributed by atoms with E-state index < -0.39 is 5.54 Å². The summed E-state index contributed by atoms with van der Waals surface area (Å²) in [5.41, 5.74) is -0.500. The Balaban J connectivity index is 1.74. The van der Waals surface area contributed by atoms with Crippen molar-refractivity contribution in [2.45, 2.75) is 44.2 Å². The van der Waals surface area contributed by atoms with E-state index in [2.05, 4.69) is 11.4 Å². The van der Waals surface area contributed by atoms with Crippen molar-refractivity contribution in [2.75, 3.05) is 6.61 Å². The topological polar surface area (TPSA) is 45.0 Å². The van der Waals surface area contributed by atoms with Gasteiger partial charge >= 0.3 is 0 Å². The van der Waals surface area contributed by atoms with Crippen LogP contribution in [0.5, 0.6) is 5.75 Å². The van der Waals surface area contributed by atoms with Gasteiger partial charge in [0.25, 0.3) is 0 Å². The van der Waals surface area contributed by atoms with Crippen molar-refractivity contribution >= 4 is 0 Å². The summed E-state index contributed by atoms with van der Waals surface area (Å²) in [6.07, 6.45) is 3.73. The third-order valence-corrected chi connectivity index (χ3v) is 3.26. The van der Waals surface area contributed by atoms with Gasteiger partial charge in [-0.05, 0) is 44.7 Å². The maximum atomic E-state index is 13.3. The minimum atomic E-state index is -0.500. The molecule has 0 heterocycles. The molecule has 1 saturated carbocycles. The lowest BCUT2D eigenvalue weighted by Gasteiger charge is -2.23. The zero-order valence-corrected chi connectivity index (χ0v) is 11.2. The second-order valence-corrected chi connectivity index (χ2v) is 5.24. The van der Waals surface area contributed by atoms with Crippen LogP contribution in [0.25, 0.3) is 0 Å². The van der Waals surface area contributed by atoms with Crippen LogP contribution >= 0.6 is 0 Å². The van der Waals surface area contributed by atoms with Crippen molar-refractivity contribution in [2.24, 2.45) is 0 Å². The summed E-state index contributed by atoms with van der Waals surface area (Å²) in [4.78, 5) is 0. The predicted molar refractivity (Wildman–Crippen MR) is 71.3 cm³/mol. The van der Waals surface area contributed by atoms with Crippen LogP contribution in [0.2, 0.25) is 0 Å². The Labute approximate surface area is 113 Å². The van der Waals surface area contributed by atoms with E-state index in [1.54, 1.807) is 18.2 Å². The third kappa shape index (κ3) is 4.22. The van der Waals surface area contributed by atoms with Gasteiger partial charge in [-0.3, -0.25) is 5.32 Å². The predicted octanol–water partition coefficient (Wildman–Crippen LogP) is 3.02. The fourth-order valence-corrected chi connectivity index (χ4v) is 2.01. The average Bonchev–Trinajstić information content (AvgIpc) is 3.20. The molecule has 1 aromatic carbocycles. The number of rotatable bonds is 7. The maximum Gasteiger partial charge on any atom is 0.165 e. The van der Waals surface area contributed by atoms with Gasteiger partial charge in [0.05, 0.1) is 12.7 Å². The maximum absolute atomic E-state index is 13.3. The number of halogens is 1. The highest BCUT2D eigenvalue weighted by atomic mass is 19.1. The number of hydrogen-bond acceptors (Lipinski definition) is 3. The molecule has 19 heavy (non-hydrogen) atoms. The molecule has 0 bridgehead atoms. The normalized spacial score (nSPS) is 17.5. The van der Waals surface area contributed by atoms with Gasteiger partial charge in [-0.2, -0.15) is 5.26 Å². The molecule has 4 heteroatoms. The molecule has 1 N–H and O–H groups in total. The van der Waals surface area contributed by atoms with Crippen LogP contribution < -0.4 is 10.1 Å². The zero-order valence-electron chi connectivity index (χ0n) is 11.2. The van der Waals surface area contributed by atoms with Crippen molar-refractivity contribution in [1.82, 2.24) is 5.32 Å². The molecule has 102 valence electrons. The average molecular weight is 262 g/mol. The third-order valence-electron chi connectivity index (χ3n) is 3.26. The number of nitriles is 1. The van der Waals surface area contributed by atoms with E-state index in [0.29, 0.717) is 19.1 Å². The van der Waals surface area contributed by atoms with Gasteiger partial charge in [0.15, 0.2) is 11.6 Å². The molecule has 0 amide bonds. The van der Waals surface area contributed by atoms with E-state index >= 15 is 0 Å². The standard InChI is InChI=1S/C15H19FN2O/c1-15(11-17,18-12-7-8-12)9-4-10-19-14-6-3-2-5-13(14)16/h2-3,5-6,12,18H,4,7-10H2,1H3. The van der Waals surface area contributed by atoms with Crippen LogP contribution in [0.1, 0.15) is 32.6 Å². The van der Waals surface area contributed by atoms with Gasteiger partial charge in [0.2, 0.25) is 0 Å². The van der Waals surface area contributed by atoms with E-state index in [4.69, 9.17) is 4.74 Å². The molecule has 1 unspecified atom stereocenters. The van der Waals surface area contributed by atoms with Crippen LogP contribution in [0.3, 0.4) is 0 Å². The number of nitrogens with one attached hydrogen (secondary N) is 1. The number of hydrogen-bond donors (Lipinski definition) is 1. The molecule has 0 spiro atoms. The summed E-state index contributed by atoms with van der Waals surface area (Å²) >= 11 is 0. The van der Waals surface area contributed by atoms with Crippen molar-refractivity contribution in [1.29, 1.82) is 5.26 Å². The lowest BCUT2D eigenvalue weighted by atomic mass is 9.98. The number of benzene rings is 1. The van der Waals surface area contributed by atoms with E-state index in [1.165, 1.54) is 6.07 Å². The fraction of sp³-hybridized carbons (Fsp3) is 0.533. The zero-order chi connectivity index (χ0) is 13.7. The molecule has 1 aromatic rings. The number of nitrogens with zero attached hydrogens (tertiary/aromatic N) is 1. The van der Waals surface area contributed by atoms with Crippen LogP contribution in [0, 0.1) is 17.1 Å². The molecule has 3 nitrogen and oxygen atoms in total. The van der Waals surface area contributed by atoms with Crippen molar-refractivity contribution < 1.29 is 9.13 Å². The van der Waals surface area contributed by atoms with Gasteiger partial charge in [0, 0.05) is 6.04 Å². The van der Waals surface area contributed by atoms with Crippen LogP contribution in [0.4, 0.5) is 4.39 Å². The quantitative estimate of drug-likeness (QED) is 0.768. The van der Waals surface area contributed by atoms with Crippen molar-refractivity contribution in [3.05, 3.63) is 30.1 Å². The second-order valence-electron chi connectivity index (χ2n) is 5.24. The fourth-order valence-electron chi connectivity index (χ4n) is 2.01. The SMILES string of the molecule is CC(C#N)(CCCOc1ccccc1F)NC1CC1. The molecular weight excluding hydrogens is 243 g/mol. The minimum absolute atomic E-state index is 0.274. The van der Waals surface area contributed by atoms with E-state index in [0.717, 1.165) is 19.3 Å².